The Bertz CT molecular complexity index is 425. The molecule has 1 aromatic carbocycles. The third-order valence-electron chi connectivity index (χ3n) is 4.00. The van der Waals surface area contributed by atoms with Crippen LogP contribution < -0.4 is 10.1 Å². The molecule has 3 heteroatoms. The van der Waals surface area contributed by atoms with Gasteiger partial charge in [-0.2, -0.15) is 0 Å². The third-order valence-corrected chi connectivity index (χ3v) is 4.62. The quantitative estimate of drug-likeness (QED) is 0.823. The fraction of sp³-hybridized carbons (Fsp3) is 0.647. The van der Waals surface area contributed by atoms with Crippen LogP contribution in [0.3, 0.4) is 0 Å². The minimum Gasteiger partial charge on any atom is -0.489 e. The van der Waals surface area contributed by atoms with Gasteiger partial charge in [-0.15, -0.1) is 0 Å². The Kier molecular flexibility index (Phi) is 5.91. The van der Waals surface area contributed by atoms with Crippen LogP contribution in [0.5, 0.6) is 5.75 Å². The maximum atomic E-state index is 6.31. The molecule has 2 nitrogen and oxygen atoms in total. The van der Waals surface area contributed by atoms with Crippen molar-refractivity contribution in [1.82, 2.24) is 5.32 Å². The molecular formula is C17H26BrNO. The summed E-state index contributed by atoms with van der Waals surface area (Å²) in [7, 11) is 0. The first-order valence-electron chi connectivity index (χ1n) is 7.73. The van der Waals surface area contributed by atoms with E-state index in [-0.39, 0.29) is 0 Å². The predicted octanol–water partition coefficient (Wildman–Crippen LogP) is 4.90. The molecule has 1 fully saturated rings. The van der Waals surface area contributed by atoms with E-state index in [0.29, 0.717) is 12.1 Å². The van der Waals surface area contributed by atoms with Crippen molar-refractivity contribution in [2.75, 3.05) is 0 Å². The van der Waals surface area contributed by atoms with Gasteiger partial charge < -0.3 is 10.1 Å². The number of hydrogen-bond acceptors (Lipinski definition) is 2. The molecule has 1 aromatic rings. The number of ether oxygens (including phenoxy) is 1. The topological polar surface area (TPSA) is 21.3 Å². The summed E-state index contributed by atoms with van der Waals surface area (Å²) in [5.41, 5.74) is 1.24. The maximum Gasteiger partial charge on any atom is 0.138 e. The molecule has 20 heavy (non-hydrogen) atoms. The van der Waals surface area contributed by atoms with Gasteiger partial charge >= 0.3 is 0 Å². The molecule has 0 amide bonds. The summed E-state index contributed by atoms with van der Waals surface area (Å²) in [5.74, 6) is 1.89. The van der Waals surface area contributed by atoms with Crippen LogP contribution in [0.1, 0.15) is 52.0 Å². The van der Waals surface area contributed by atoms with Crippen molar-refractivity contribution in [2.24, 2.45) is 5.92 Å². The van der Waals surface area contributed by atoms with Crippen LogP contribution in [0.15, 0.2) is 22.7 Å². The second-order valence-electron chi connectivity index (χ2n) is 6.26. The van der Waals surface area contributed by atoms with Crippen LogP contribution in [-0.2, 0) is 6.54 Å². The number of nitrogens with one attached hydrogen (secondary N) is 1. The zero-order chi connectivity index (χ0) is 14.5. The van der Waals surface area contributed by atoms with Gasteiger partial charge in [0.1, 0.15) is 5.75 Å². The van der Waals surface area contributed by atoms with Crippen molar-refractivity contribution in [1.29, 1.82) is 0 Å². The third kappa shape index (κ3) is 4.49. The van der Waals surface area contributed by atoms with Gasteiger partial charge in [-0.1, -0.05) is 32.9 Å². The lowest BCUT2D eigenvalue weighted by atomic mass is 9.89. The molecule has 1 saturated carbocycles. The van der Waals surface area contributed by atoms with E-state index in [1.54, 1.807) is 0 Å². The molecule has 0 heterocycles. The molecule has 0 saturated heterocycles. The summed E-state index contributed by atoms with van der Waals surface area (Å²) in [4.78, 5) is 0. The zero-order valence-corrected chi connectivity index (χ0v) is 14.4. The van der Waals surface area contributed by atoms with Gasteiger partial charge in [0.2, 0.25) is 0 Å². The highest BCUT2D eigenvalue weighted by molar-refractivity contribution is 9.10. The molecule has 1 N–H and O–H groups in total. The predicted molar refractivity (Wildman–Crippen MR) is 88.2 cm³/mol. The van der Waals surface area contributed by atoms with Crippen molar-refractivity contribution in [2.45, 2.75) is 65.1 Å². The summed E-state index contributed by atoms with van der Waals surface area (Å²) < 4.78 is 7.38. The summed E-state index contributed by atoms with van der Waals surface area (Å²) in [6.07, 6.45) is 5.31. The van der Waals surface area contributed by atoms with Gasteiger partial charge in [0, 0.05) is 18.2 Å². The van der Waals surface area contributed by atoms with Crippen molar-refractivity contribution in [3.63, 3.8) is 0 Å². The molecule has 112 valence electrons. The fourth-order valence-electron chi connectivity index (χ4n) is 2.65. The fourth-order valence-corrected chi connectivity index (χ4v) is 3.15. The van der Waals surface area contributed by atoms with Gasteiger partial charge in [-0.3, -0.25) is 0 Å². The first kappa shape index (κ1) is 15.8. The van der Waals surface area contributed by atoms with Crippen molar-refractivity contribution in [3.8, 4) is 5.75 Å². The van der Waals surface area contributed by atoms with E-state index in [0.717, 1.165) is 22.7 Å². The van der Waals surface area contributed by atoms with Crippen LogP contribution in [-0.4, -0.2) is 12.1 Å². The SMILES string of the molecule is CC1CCC(Oc2c(Br)cccc2CNC(C)C)CC1. The second-order valence-corrected chi connectivity index (χ2v) is 7.12. The molecule has 0 spiro atoms. The molecule has 2 rings (SSSR count). The van der Waals surface area contributed by atoms with Crippen LogP contribution in [0, 0.1) is 5.92 Å². The maximum absolute atomic E-state index is 6.31. The average molecular weight is 340 g/mol. The van der Waals surface area contributed by atoms with E-state index in [4.69, 9.17) is 4.74 Å². The van der Waals surface area contributed by atoms with Crippen LogP contribution >= 0.6 is 15.9 Å². The number of rotatable bonds is 5. The van der Waals surface area contributed by atoms with Crippen molar-refractivity contribution < 1.29 is 4.74 Å². The van der Waals surface area contributed by atoms with E-state index < -0.39 is 0 Å². The molecule has 1 aliphatic rings. The molecule has 0 unspecified atom stereocenters. The molecular weight excluding hydrogens is 314 g/mol. The molecule has 0 atom stereocenters. The van der Waals surface area contributed by atoms with Gasteiger partial charge in [-0.25, -0.2) is 0 Å². The second kappa shape index (κ2) is 7.46. The van der Waals surface area contributed by atoms with Crippen LogP contribution in [0.2, 0.25) is 0 Å². The number of para-hydroxylation sites is 1. The molecule has 0 bridgehead atoms. The van der Waals surface area contributed by atoms with E-state index >= 15 is 0 Å². The standard InChI is InChI=1S/C17H26BrNO/c1-12(2)19-11-14-5-4-6-16(18)17(14)20-15-9-7-13(3)8-10-15/h4-6,12-13,15,19H,7-11H2,1-3H3. The first-order valence-corrected chi connectivity index (χ1v) is 8.53. The van der Waals surface area contributed by atoms with Crippen LogP contribution in [0.25, 0.3) is 0 Å². The van der Waals surface area contributed by atoms with E-state index in [1.165, 1.54) is 31.2 Å². The minimum absolute atomic E-state index is 0.377. The Hall–Kier alpha value is -0.540. The average Bonchev–Trinajstić information content (AvgIpc) is 2.41. The zero-order valence-electron chi connectivity index (χ0n) is 12.8. The number of hydrogen-bond donors (Lipinski definition) is 1. The molecule has 1 aliphatic carbocycles. The highest BCUT2D eigenvalue weighted by Crippen LogP contribution is 2.33. The molecule has 0 aliphatic heterocycles. The largest absolute Gasteiger partial charge is 0.489 e. The Morgan fingerprint density at radius 3 is 2.60 bits per heavy atom. The van der Waals surface area contributed by atoms with E-state index in [9.17, 15) is 0 Å². The lowest BCUT2D eigenvalue weighted by Crippen LogP contribution is -2.25. The smallest absolute Gasteiger partial charge is 0.138 e. The minimum atomic E-state index is 0.377. The van der Waals surface area contributed by atoms with Gasteiger partial charge in [0.05, 0.1) is 10.6 Å². The summed E-state index contributed by atoms with van der Waals surface area (Å²) in [5, 5.41) is 3.47. The van der Waals surface area contributed by atoms with Gasteiger partial charge in [-0.05, 0) is 53.6 Å². The van der Waals surface area contributed by atoms with Gasteiger partial charge in [0.15, 0.2) is 0 Å². The molecule has 0 radical (unpaired) electrons. The normalized spacial score (nSPS) is 23.1. The Morgan fingerprint density at radius 1 is 1.25 bits per heavy atom. The lowest BCUT2D eigenvalue weighted by molar-refractivity contribution is 0.133. The van der Waals surface area contributed by atoms with Crippen LogP contribution in [0.4, 0.5) is 0 Å². The lowest BCUT2D eigenvalue weighted by Gasteiger charge is -2.28. The number of benzene rings is 1. The Balaban J connectivity index is 2.05. The summed E-state index contributed by atoms with van der Waals surface area (Å²) in [6, 6.07) is 6.79. The van der Waals surface area contributed by atoms with E-state index in [2.05, 4.69) is 60.2 Å². The Labute approximate surface area is 131 Å². The summed E-state index contributed by atoms with van der Waals surface area (Å²) in [6.45, 7) is 7.53. The first-order chi connectivity index (χ1) is 9.56. The van der Waals surface area contributed by atoms with E-state index in [1.807, 2.05) is 0 Å². The van der Waals surface area contributed by atoms with Gasteiger partial charge in [0.25, 0.3) is 0 Å². The van der Waals surface area contributed by atoms with Crippen molar-refractivity contribution in [3.05, 3.63) is 28.2 Å². The molecule has 0 aromatic heterocycles. The monoisotopic (exact) mass is 339 g/mol. The highest BCUT2D eigenvalue weighted by atomic mass is 79.9. The highest BCUT2D eigenvalue weighted by Gasteiger charge is 2.21. The van der Waals surface area contributed by atoms with Crippen molar-refractivity contribution >= 4 is 15.9 Å². The Morgan fingerprint density at radius 2 is 1.95 bits per heavy atom. The summed E-state index contributed by atoms with van der Waals surface area (Å²) >= 11 is 3.64. The number of halogens is 1.